The van der Waals surface area contributed by atoms with E-state index in [4.69, 9.17) is 11.6 Å². The zero-order valence-corrected chi connectivity index (χ0v) is 18.8. The van der Waals surface area contributed by atoms with E-state index >= 15 is 0 Å². The van der Waals surface area contributed by atoms with Gasteiger partial charge >= 0.3 is 11.8 Å². The molecule has 0 amide bonds. The third kappa shape index (κ3) is 3.25. The van der Waals surface area contributed by atoms with Crippen LogP contribution in [0, 0.1) is 0 Å². The van der Waals surface area contributed by atoms with Gasteiger partial charge in [0.1, 0.15) is 5.82 Å². The van der Waals surface area contributed by atoms with Gasteiger partial charge in [0.25, 0.3) is 5.56 Å². The number of carbonyl (C=O) groups is 1. The average molecular weight is 480 g/mol. The number of carboxylic acid groups (broad SMARTS) is 1. The zero-order valence-electron chi connectivity index (χ0n) is 18.1. The van der Waals surface area contributed by atoms with Crippen molar-refractivity contribution in [3.8, 4) is 0 Å². The van der Waals surface area contributed by atoms with Crippen LogP contribution in [-0.2, 0) is 20.6 Å². The normalized spacial score (nSPS) is 11.4. The SMILES string of the molecule is Cn1c(Nc2ccccn2)nc2c1c(=O)n(Cc1cc3c(Cl)cccc3n1C(=O)O)c(=O)n2C. The summed E-state index contributed by atoms with van der Waals surface area (Å²) in [7, 11) is 3.15. The lowest BCUT2D eigenvalue weighted by atomic mass is 10.2. The van der Waals surface area contributed by atoms with Crippen LogP contribution in [0.3, 0.4) is 0 Å². The van der Waals surface area contributed by atoms with Gasteiger partial charge in [-0.25, -0.2) is 19.1 Å². The molecule has 4 heterocycles. The smallest absolute Gasteiger partial charge is 0.416 e. The summed E-state index contributed by atoms with van der Waals surface area (Å²) in [6, 6.07) is 11.8. The molecule has 0 atom stereocenters. The molecule has 5 rings (SSSR count). The van der Waals surface area contributed by atoms with Crippen LogP contribution >= 0.6 is 11.6 Å². The summed E-state index contributed by atoms with van der Waals surface area (Å²) in [4.78, 5) is 47.1. The van der Waals surface area contributed by atoms with Crippen molar-refractivity contribution in [1.29, 1.82) is 0 Å². The largest absolute Gasteiger partial charge is 0.464 e. The van der Waals surface area contributed by atoms with Crippen molar-refractivity contribution in [2.24, 2.45) is 14.1 Å². The second kappa shape index (κ2) is 7.89. The monoisotopic (exact) mass is 479 g/mol. The number of hydrogen-bond acceptors (Lipinski definition) is 6. The van der Waals surface area contributed by atoms with Gasteiger partial charge in [-0.15, -0.1) is 0 Å². The van der Waals surface area contributed by atoms with Crippen molar-refractivity contribution in [1.82, 2.24) is 28.2 Å². The minimum absolute atomic E-state index is 0.177. The third-order valence-corrected chi connectivity index (χ3v) is 5.97. The molecule has 0 radical (unpaired) electrons. The van der Waals surface area contributed by atoms with E-state index in [9.17, 15) is 19.5 Å². The van der Waals surface area contributed by atoms with Crippen molar-refractivity contribution < 1.29 is 9.90 Å². The average Bonchev–Trinajstić information content (AvgIpc) is 3.35. The van der Waals surface area contributed by atoms with E-state index < -0.39 is 17.3 Å². The molecule has 5 aromatic rings. The van der Waals surface area contributed by atoms with Gasteiger partial charge in [-0.3, -0.25) is 13.9 Å². The fourth-order valence-electron chi connectivity index (χ4n) is 4.00. The predicted molar refractivity (Wildman–Crippen MR) is 127 cm³/mol. The number of rotatable bonds is 4. The molecule has 2 N–H and O–H groups in total. The molecular weight excluding hydrogens is 462 g/mol. The van der Waals surface area contributed by atoms with Crippen molar-refractivity contribution in [2.75, 3.05) is 5.32 Å². The highest BCUT2D eigenvalue weighted by Gasteiger charge is 2.22. The number of nitrogens with zero attached hydrogens (tertiary/aromatic N) is 6. The predicted octanol–water partition coefficient (Wildman–Crippen LogP) is 2.75. The summed E-state index contributed by atoms with van der Waals surface area (Å²) in [6.07, 6.45) is 0.363. The Balaban J connectivity index is 1.69. The van der Waals surface area contributed by atoms with Crippen LogP contribution < -0.4 is 16.6 Å². The van der Waals surface area contributed by atoms with E-state index in [1.54, 1.807) is 55.7 Å². The molecule has 4 aromatic heterocycles. The Morgan fingerprint density at radius 1 is 1.12 bits per heavy atom. The van der Waals surface area contributed by atoms with Gasteiger partial charge in [0.2, 0.25) is 5.95 Å². The van der Waals surface area contributed by atoms with Crippen molar-refractivity contribution in [3.63, 3.8) is 0 Å². The minimum atomic E-state index is -1.25. The number of imidazole rings is 1. The second-order valence-electron chi connectivity index (χ2n) is 7.67. The first-order chi connectivity index (χ1) is 16.3. The van der Waals surface area contributed by atoms with Crippen molar-refractivity contribution >= 4 is 51.5 Å². The van der Waals surface area contributed by atoms with Crippen LogP contribution in [0.4, 0.5) is 16.6 Å². The lowest BCUT2D eigenvalue weighted by molar-refractivity contribution is 0.196. The van der Waals surface area contributed by atoms with Crippen LogP contribution in [0.25, 0.3) is 22.1 Å². The Morgan fingerprint density at radius 2 is 1.91 bits per heavy atom. The number of benzene rings is 1. The molecule has 34 heavy (non-hydrogen) atoms. The number of hydrogen-bond donors (Lipinski definition) is 2. The number of pyridine rings is 1. The van der Waals surface area contributed by atoms with Gasteiger partial charge in [-0.1, -0.05) is 23.7 Å². The zero-order chi connectivity index (χ0) is 24.1. The first-order valence-corrected chi connectivity index (χ1v) is 10.5. The highest BCUT2D eigenvalue weighted by atomic mass is 35.5. The molecule has 0 aliphatic carbocycles. The minimum Gasteiger partial charge on any atom is -0.464 e. The van der Waals surface area contributed by atoms with Crippen molar-refractivity contribution in [2.45, 2.75) is 6.54 Å². The molecule has 0 aliphatic rings. The lowest BCUT2D eigenvalue weighted by Crippen LogP contribution is -2.40. The molecule has 1 aromatic carbocycles. The van der Waals surface area contributed by atoms with E-state index in [0.717, 1.165) is 9.13 Å². The first kappa shape index (κ1) is 21.5. The number of nitrogens with one attached hydrogen (secondary N) is 1. The Kier molecular flexibility index (Phi) is 4.98. The fraction of sp³-hybridized carbons (Fsp3) is 0.136. The van der Waals surface area contributed by atoms with Gasteiger partial charge in [-0.05, 0) is 30.3 Å². The van der Waals surface area contributed by atoms with Gasteiger partial charge in [-0.2, -0.15) is 4.98 Å². The summed E-state index contributed by atoms with van der Waals surface area (Å²) in [5, 5.41) is 13.7. The quantitative estimate of drug-likeness (QED) is 0.405. The molecule has 0 spiro atoms. The van der Waals surface area contributed by atoms with E-state index in [2.05, 4.69) is 15.3 Å². The first-order valence-electron chi connectivity index (χ1n) is 10.1. The van der Waals surface area contributed by atoms with Crippen LogP contribution in [-0.4, -0.2) is 39.4 Å². The number of fused-ring (bicyclic) bond motifs is 2. The summed E-state index contributed by atoms with van der Waals surface area (Å²) in [5.74, 6) is 0.846. The van der Waals surface area contributed by atoms with Crippen LogP contribution in [0.5, 0.6) is 0 Å². The molecular formula is C22H18ClN7O4. The van der Waals surface area contributed by atoms with Crippen molar-refractivity contribution in [3.05, 3.63) is 80.2 Å². The number of anilines is 2. The topological polar surface area (TPSA) is 129 Å². The highest BCUT2D eigenvalue weighted by molar-refractivity contribution is 6.35. The van der Waals surface area contributed by atoms with E-state index in [1.165, 1.54) is 16.2 Å². The molecule has 12 heteroatoms. The molecule has 0 saturated carbocycles. The molecule has 0 saturated heterocycles. The Morgan fingerprint density at radius 3 is 2.62 bits per heavy atom. The molecule has 0 unspecified atom stereocenters. The Hall–Kier alpha value is -4.38. The second-order valence-corrected chi connectivity index (χ2v) is 8.07. The maximum absolute atomic E-state index is 13.4. The lowest BCUT2D eigenvalue weighted by Gasteiger charge is -2.10. The van der Waals surface area contributed by atoms with Gasteiger partial charge < -0.3 is 15.0 Å². The molecule has 0 bridgehead atoms. The van der Waals surface area contributed by atoms with E-state index in [-0.39, 0.29) is 23.4 Å². The van der Waals surface area contributed by atoms with Crippen LogP contribution in [0.15, 0.2) is 58.3 Å². The Bertz CT molecular complexity index is 1710. The van der Waals surface area contributed by atoms with E-state index in [0.29, 0.717) is 27.7 Å². The summed E-state index contributed by atoms with van der Waals surface area (Å²) in [6.45, 7) is -0.271. The highest BCUT2D eigenvalue weighted by Crippen LogP contribution is 2.27. The molecule has 0 aliphatic heterocycles. The molecule has 172 valence electrons. The van der Waals surface area contributed by atoms with E-state index in [1.807, 2.05) is 0 Å². The van der Waals surface area contributed by atoms with Gasteiger partial charge in [0.15, 0.2) is 11.2 Å². The number of aromatic nitrogens is 6. The summed E-state index contributed by atoms with van der Waals surface area (Å²) < 4.78 is 4.79. The van der Waals surface area contributed by atoms with Gasteiger partial charge in [0, 0.05) is 30.7 Å². The Labute approximate surface area is 196 Å². The third-order valence-electron chi connectivity index (χ3n) is 5.65. The van der Waals surface area contributed by atoms with Gasteiger partial charge in [0.05, 0.1) is 17.8 Å². The molecule has 0 fully saturated rings. The fourth-order valence-corrected chi connectivity index (χ4v) is 4.22. The maximum atomic E-state index is 13.4. The van der Waals surface area contributed by atoms with Crippen LogP contribution in [0.2, 0.25) is 5.02 Å². The number of aryl methyl sites for hydroxylation is 2. The molecule has 11 nitrogen and oxygen atoms in total. The summed E-state index contributed by atoms with van der Waals surface area (Å²) in [5.41, 5.74) is -0.277. The van der Waals surface area contributed by atoms with Crippen LogP contribution in [0.1, 0.15) is 5.69 Å². The maximum Gasteiger partial charge on any atom is 0.416 e. The standard InChI is InChI=1S/C22H18ClN7O4/c1-27-17-18(26-20(27)25-16-8-3-4-9-24-16)28(2)21(32)29(19(17)31)11-12-10-13-14(23)6-5-7-15(13)30(12)22(33)34/h3-10H,11H2,1-2H3,(H,33,34)(H,24,25,26). The number of halogens is 1. The summed E-state index contributed by atoms with van der Waals surface area (Å²) >= 11 is 6.24.